The highest BCUT2D eigenvalue weighted by Crippen LogP contribution is 2.17. The van der Waals surface area contributed by atoms with E-state index in [2.05, 4.69) is 20.9 Å². The van der Waals surface area contributed by atoms with Crippen LogP contribution in [0.2, 0.25) is 0 Å². The average molecular weight is 293 g/mol. The number of aromatic nitrogens is 2. The van der Waals surface area contributed by atoms with Crippen LogP contribution in [0.5, 0.6) is 0 Å². The van der Waals surface area contributed by atoms with E-state index >= 15 is 0 Å². The Bertz CT molecular complexity index is 534. The average Bonchev–Trinajstić information content (AvgIpc) is 2.68. The van der Waals surface area contributed by atoms with Crippen molar-refractivity contribution in [1.82, 2.24) is 9.55 Å². The van der Waals surface area contributed by atoms with E-state index in [1.54, 1.807) is 6.20 Å². The highest BCUT2D eigenvalue weighted by Gasteiger charge is 2.10. The number of nitrogens with zero attached hydrogens (tertiary/aromatic N) is 2. The zero-order chi connectivity index (χ0) is 12.3. The summed E-state index contributed by atoms with van der Waals surface area (Å²) in [6, 6.07) is 7.79. The van der Waals surface area contributed by atoms with Crippen LogP contribution in [-0.2, 0) is 24.7 Å². The molecule has 0 aliphatic rings. The third-order valence-electron chi connectivity index (χ3n) is 2.62. The molecule has 88 valence electrons. The zero-order valence-electron chi connectivity index (χ0n) is 9.56. The van der Waals surface area contributed by atoms with Crippen molar-refractivity contribution in [2.24, 2.45) is 7.05 Å². The van der Waals surface area contributed by atoms with E-state index in [4.69, 9.17) is 0 Å². The van der Waals surface area contributed by atoms with Crippen LogP contribution in [-0.4, -0.2) is 15.3 Å². The van der Waals surface area contributed by atoms with Crippen molar-refractivity contribution in [3.8, 4) is 0 Å². The lowest BCUT2D eigenvalue weighted by Crippen LogP contribution is -2.10. The van der Waals surface area contributed by atoms with E-state index in [0.29, 0.717) is 12.8 Å². The fraction of sp³-hybridized carbons (Fsp3) is 0.231. The molecule has 0 amide bonds. The van der Waals surface area contributed by atoms with Crippen molar-refractivity contribution in [3.05, 3.63) is 52.5 Å². The van der Waals surface area contributed by atoms with Gasteiger partial charge in [-0.25, -0.2) is 4.98 Å². The van der Waals surface area contributed by atoms with Gasteiger partial charge in [0.1, 0.15) is 11.6 Å². The summed E-state index contributed by atoms with van der Waals surface area (Å²) >= 11 is 3.44. The van der Waals surface area contributed by atoms with E-state index in [-0.39, 0.29) is 5.78 Å². The Morgan fingerprint density at radius 1 is 1.35 bits per heavy atom. The number of imidazole rings is 1. The zero-order valence-corrected chi connectivity index (χ0v) is 11.1. The first kappa shape index (κ1) is 12.0. The molecule has 0 aliphatic carbocycles. The van der Waals surface area contributed by atoms with Crippen LogP contribution in [0.4, 0.5) is 0 Å². The minimum Gasteiger partial charge on any atom is -0.338 e. The van der Waals surface area contributed by atoms with Crippen LogP contribution in [0.15, 0.2) is 41.1 Å². The third kappa shape index (κ3) is 3.03. The summed E-state index contributed by atoms with van der Waals surface area (Å²) in [4.78, 5) is 16.1. The molecule has 0 fully saturated rings. The second-order valence-electron chi connectivity index (χ2n) is 3.94. The number of ketones is 1. The van der Waals surface area contributed by atoms with Crippen LogP contribution in [0.25, 0.3) is 0 Å². The van der Waals surface area contributed by atoms with E-state index in [1.807, 2.05) is 42.1 Å². The summed E-state index contributed by atoms with van der Waals surface area (Å²) in [6.45, 7) is 0. The Labute approximate surface area is 109 Å². The molecule has 0 saturated heterocycles. The summed E-state index contributed by atoms with van der Waals surface area (Å²) in [7, 11) is 1.90. The van der Waals surface area contributed by atoms with E-state index in [0.717, 1.165) is 15.9 Å². The maximum atomic E-state index is 11.9. The minimum atomic E-state index is 0.172. The van der Waals surface area contributed by atoms with Crippen molar-refractivity contribution >= 4 is 21.7 Å². The van der Waals surface area contributed by atoms with Crippen LogP contribution in [0.3, 0.4) is 0 Å². The molecule has 0 unspecified atom stereocenters. The van der Waals surface area contributed by atoms with Crippen LogP contribution in [0, 0.1) is 0 Å². The first-order chi connectivity index (χ1) is 8.16. The van der Waals surface area contributed by atoms with E-state index < -0.39 is 0 Å². The molecular weight excluding hydrogens is 280 g/mol. The number of benzene rings is 1. The fourth-order valence-electron chi connectivity index (χ4n) is 1.66. The van der Waals surface area contributed by atoms with Crippen molar-refractivity contribution in [2.75, 3.05) is 0 Å². The van der Waals surface area contributed by atoms with Crippen molar-refractivity contribution < 1.29 is 4.79 Å². The van der Waals surface area contributed by atoms with Gasteiger partial charge >= 0.3 is 0 Å². The van der Waals surface area contributed by atoms with Gasteiger partial charge in [0.05, 0.1) is 6.42 Å². The topological polar surface area (TPSA) is 34.9 Å². The van der Waals surface area contributed by atoms with Crippen molar-refractivity contribution in [3.63, 3.8) is 0 Å². The van der Waals surface area contributed by atoms with Crippen molar-refractivity contribution in [2.45, 2.75) is 12.8 Å². The Morgan fingerprint density at radius 3 is 2.76 bits per heavy atom. The van der Waals surface area contributed by atoms with E-state index in [1.165, 1.54) is 0 Å². The number of hydrogen-bond acceptors (Lipinski definition) is 2. The number of Topliss-reactive ketones (excluding diaryl/α,β-unsaturated/α-hetero) is 1. The summed E-state index contributed by atoms with van der Waals surface area (Å²) in [6.07, 6.45) is 4.38. The molecule has 1 aromatic carbocycles. The molecule has 0 aliphatic heterocycles. The standard InChI is InChI=1S/C13H13BrN2O/c1-16-7-6-15-13(16)9-11(17)8-10-4-2-3-5-12(10)14/h2-7H,8-9H2,1H3. The Morgan fingerprint density at radius 2 is 2.12 bits per heavy atom. The quantitative estimate of drug-likeness (QED) is 0.868. The van der Waals surface area contributed by atoms with Crippen LogP contribution in [0.1, 0.15) is 11.4 Å². The normalized spacial score (nSPS) is 10.5. The molecule has 0 spiro atoms. The Hall–Kier alpha value is -1.42. The lowest BCUT2D eigenvalue weighted by Gasteiger charge is -2.04. The van der Waals surface area contributed by atoms with Gasteiger partial charge in [0.15, 0.2) is 0 Å². The maximum Gasteiger partial charge on any atom is 0.144 e. The molecule has 0 bridgehead atoms. The highest BCUT2D eigenvalue weighted by molar-refractivity contribution is 9.10. The predicted molar refractivity (Wildman–Crippen MR) is 69.8 cm³/mol. The summed E-state index contributed by atoms with van der Waals surface area (Å²) in [5.41, 5.74) is 1.02. The first-order valence-corrected chi connectivity index (χ1v) is 6.17. The Balaban J connectivity index is 2.03. The van der Waals surface area contributed by atoms with Gasteiger partial charge in [-0.05, 0) is 11.6 Å². The molecule has 1 heterocycles. The maximum absolute atomic E-state index is 11.9. The number of hydrogen-bond donors (Lipinski definition) is 0. The SMILES string of the molecule is Cn1ccnc1CC(=O)Cc1ccccc1Br. The van der Waals surface area contributed by atoms with E-state index in [9.17, 15) is 4.79 Å². The van der Waals surface area contributed by atoms with Gasteiger partial charge in [-0.2, -0.15) is 0 Å². The Kier molecular flexibility index (Phi) is 3.74. The summed E-state index contributed by atoms with van der Waals surface area (Å²) in [5.74, 6) is 0.980. The lowest BCUT2D eigenvalue weighted by molar-refractivity contribution is -0.117. The number of rotatable bonds is 4. The van der Waals surface area contributed by atoms with Crippen LogP contribution >= 0.6 is 15.9 Å². The molecule has 0 atom stereocenters. The van der Waals surface area contributed by atoms with Gasteiger partial charge in [0.25, 0.3) is 0 Å². The second kappa shape index (κ2) is 5.27. The molecule has 2 rings (SSSR count). The molecule has 3 nitrogen and oxygen atoms in total. The molecule has 4 heteroatoms. The highest BCUT2D eigenvalue weighted by atomic mass is 79.9. The monoisotopic (exact) mass is 292 g/mol. The molecule has 17 heavy (non-hydrogen) atoms. The minimum absolute atomic E-state index is 0.172. The predicted octanol–water partition coefficient (Wildman–Crippen LogP) is 2.54. The third-order valence-corrected chi connectivity index (χ3v) is 3.40. The molecule has 2 aromatic rings. The molecular formula is C13H13BrN2O. The van der Waals surface area contributed by atoms with Gasteiger partial charge in [0, 0.05) is 30.3 Å². The van der Waals surface area contributed by atoms with Gasteiger partial charge in [0.2, 0.25) is 0 Å². The van der Waals surface area contributed by atoms with Gasteiger partial charge < -0.3 is 4.57 Å². The van der Waals surface area contributed by atoms with Crippen LogP contribution < -0.4 is 0 Å². The fourth-order valence-corrected chi connectivity index (χ4v) is 2.08. The first-order valence-electron chi connectivity index (χ1n) is 5.38. The molecule has 0 radical (unpaired) electrons. The van der Waals surface area contributed by atoms with Gasteiger partial charge in [-0.1, -0.05) is 34.1 Å². The largest absolute Gasteiger partial charge is 0.338 e. The number of carbonyl (C=O) groups is 1. The molecule has 0 saturated carbocycles. The summed E-state index contributed by atoms with van der Waals surface area (Å²) < 4.78 is 2.85. The number of carbonyl (C=O) groups excluding carboxylic acids is 1. The number of aryl methyl sites for hydroxylation is 1. The smallest absolute Gasteiger partial charge is 0.144 e. The van der Waals surface area contributed by atoms with Gasteiger partial charge in [-0.3, -0.25) is 4.79 Å². The molecule has 1 aromatic heterocycles. The number of halogens is 1. The van der Waals surface area contributed by atoms with Gasteiger partial charge in [-0.15, -0.1) is 0 Å². The second-order valence-corrected chi connectivity index (χ2v) is 4.79. The summed E-state index contributed by atoms with van der Waals surface area (Å²) in [5, 5.41) is 0. The van der Waals surface area contributed by atoms with Crippen molar-refractivity contribution in [1.29, 1.82) is 0 Å². The lowest BCUT2D eigenvalue weighted by atomic mass is 10.1. The molecule has 0 N–H and O–H groups in total.